The number of hydrogen-bond donors (Lipinski definition) is 0. The predicted octanol–water partition coefficient (Wildman–Crippen LogP) is 3.41. The van der Waals surface area contributed by atoms with Crippen molar-refractivity contribution >= 4 is 11.7 Å². The third-order valence-corrected chi connectivity index (χ3v) is 3.13. The predicted molar refractivity (Wildman–Crippen MR) is 83.2 cm³/mol. The number of ether oxygens (including phenoxy) is 1. The van der Waals surface area contributed by atoms with Crippen LogP contribution >= 0.6 is 0 Å². The fourth-order valence-electron chi connectivity index (χ4n) is 2.13. The first-order valence-electron chi connectivity index (χ1n) is 6.76. The molecule has 1 aromatic carbocycles. The van der Waals surface area contributed by atoms with Crippen molar-refractivity contribution in [3.05, 3.63) is 59.8 Å². The van der Waals surface area contributed by atoms with Crippen LogP contribution in [0, 0.1) is 18.4 Å². The van der Waals surface area contributed by atoms with Gasteiger partial charge in [0.25, 0.3) is 6.43 Å². The van der Waals surface area contributed by atoms with Crippen LogP contribution in [0.3, 0.4) is 0 Å². The van der Waals surface area contributed by atoms with Gasteiger partial charge in [-0.3, -0.25) is 4.79 Å². The van der Waals surface area contributed by atoms with E-state index in [-0.39, 0.29) is 32.7 Å². The fraction of sp³-hybridized carbons (Fsp3) is 0.167. The van der Waals surface area contributed by atoms with Gasteiger partial charge in [0, 0.05) is 39.6 Å². The number of hydrogen-bond acceptors (Lipinski definition) is 3. The number of carbonyl (C=O) groups is 1. The zero-order valence-electron chi connectivity index (χ0n) is 13.1. The molecule has 3 nitrogen and oxygen atoms in total. The van der Waals surface area contributed by atoms with E-state index in [2.05, 4.69) is 18.6 Å². The maximum atomic E-state index is 12.9. The van der Waals surface area contributed by atoms with E-state index in [1.807, 2.05) is 0 Å². The first-order valence-corrected chi connectivity index (χ1v) is 6.76. The Morgan fingerprint density at radius 1 is 1.42 bits per heavy atom. The van der Waals surface area contributed by atoms with E-state index in [1.54, 1.807) is 30.3 Å². The second-order valence-corrected chi connectivity index (χ2v) is 4.76. The molecule has 0 spiro atoms. The van der Waals surface area contributed by atoms with Crippen LogP contribution < -0.4 is 4.74 Å². The van der Waals surface area contributed by atoms with Gasteiger partial charge in [-0.25, -0.2) is 8.78 Å². The average molecular weight is 403 g/mol. The van der Waals surface area contributed by atoms with Gasteiger partial charge in [-0.15, -0.1) is 24.5 Å². The van der Waals surface area contributed by atoms with Crippen LogP contribution in [0.5, 0.6) is 5.75 Å². The molecule has 121 valence electrons. The Hall–Kier alpha value is -1.77. The van der Waals surface area contributed by atoms with Crippen LogP contribution in [0.2, 0.25) is 0 Å². The van der Waals surface area contributed by atoms with Gasteiger partial charge < -0.3 is 9.64 Å². The molecule has 1 radical (unpaired) electrons. The number of halogens is 2. The first-order chi connectivity index (χ1) is 10.9. The van der Waals surface area contributed by atoms with E-state index < -0.39 is 18.9 Å². The topological polar surface area (TPSA) is 29.5 Å². The number of benzene rings is 1. The number of carbonyl (C=O) groups excluding carboxylic acids is 1. The van der Waals surface area contributed by atoms with E-state index in [1.165, 1.54) is 11.8 Å². The van der Waals surface area contributed by atoms with Gasteiger partial charge in [0.05, 0.1) is 6.54 Å². The number of alkyl halides is 2. The van der Waals surface area contributed by atoms with Crippen LogP contribution in [0.15, 0.2) is 48.2 Å². The third kappa shape index (κ3) is 4.86. The zero-order valence-corrected chi connectivity index (χ0v) is 15.9. The normalized spacial score (nSPS) is 13.6. The SMILES string of the molecule is C#CC1=C[C-]=C(c2ccc(OC(C)=O)cc2)N(CC(F)F)C1=C.[Y]. The standard InChI is InChI=1S/C18H14F2NO2.Y/c1-4-14-7-10-17(21(12(14)2)11-18(19)20)15-5-8-16(9-6-15)23-13(3)22;/h1,5-9,18H,2,11H2,3H3;/q-1;. The van der Waals surface area contributed by atoms with Crippen molar-refractivity contribution < 1.29 is 51.0 Å². The minimum atomic E-state index is -2.55. The summed E-state index contributed by atoms with van der Waals surface area (Å²) in [5.41, 5.74) is 1.80. The Labute approximate surface area is 164 Å². The minimum Gasteiger partial charge on any atom is -0.427 e. The number of esters is 1. The van der Waals surface area contributed by atoms with E-state index in [0.29, 0.717) is 28.3 Å². The summed E-state index contributed by atoms with van der Waals surface area (Å²) in [7, 11) is 0. The molecule has 0 amide bonds. The molecular formula is C18H14F2NO2Y-. The fourth-order valence-corrected chi connectivity index (χ4v) is 2.13. The molecule has 0 saturated carbocycles. The molecule has 0 bridgehead atoms. The molecule has 0 atom stereocenters. The molecule has 0 fully saturated rings. The maximum absolute atomic E-state index is 12.9. The molecule has 0 saturated heterocycles. The van der Waals surface area contributed by atoms with E-state index in [0.717, 1.165) is 0 Å². The molecule has 1 heterocycles. The summed E-state index contributed by atoms with van der Waals surface area (Å²) in [6, 6.07) is 6.46. The van der Waals surface area contributed by atoms with Crippen LogP contribution in [0.25, 0.3) is 5.70 Å². The number of nitrogens with zero attached hydrogens (tertiary/aromatic N) is 1. The smallest absolute Gasteiger partial charge is 0.308 e. The van der Waals surface area contributed by atoms with Crippen molar-refractivity contribution in [1.82, 2.24) is 4.90 Å². The van der Waals surface area contributed by atoms with Crippen LogP contribution in [0.4, 0.5) is 8.78 Å². The molecule has 0 N–H and O–H groups in total. The third-order valence-electron chi connectivity index (χ3n) is 3.13. The quantitative estimate of drug-likeness (QED) is 0.334. The summed E-state index contributed by atoms with van der Waals surface area (Å²) in [6.45, 7) is 4.55. The summed E-state index contributed by atoms with van der Waals surface area (Å²) in [4.78, 5) is 12.2. The molecule has 1 aliphatic heterocycles. The molecular weight excluding hydrogens is 389 g/mol. The molecule has 1 aromatic rings. The van der Waals surface area contributed by atoms with Crippen LogP contribution in [0.1, 0.15) is 12.5 Å². The summed E-state index contributed by atoms with van der Waals surface area (Å²) in [6.07, 6.45) is 7.25. The summed E-state index contributed by atoms with van der Waals surface area (Å²) < 4.78 is 30.7. The van der Waals surface area contributed by atoms with Gasteiger partial charge in [-0.2, -0.15) is 12.2 Å². The Bertz CT molecular complexity index is 730. The monoisotopic (exact) mass is 403 g/mol. The number of terminal acetylenes is 1. The molecule has 0 aromatic heterocycles. The number of rotatable bonds is 4. The summed E-state index contributed by atoms with van der Waals surface area (Å²) in [5.74, 6) is 2.34. The summed E-state index contributed by atoms with van der Waals surface area (Å²) >= 11 is 0. The van der Waals surface area contributed by atoms with Gasteiger partial charge >= 0.3 is 5.97 Å². The first kappa shape index (κ1) is 20.3. The number of allylic oxidation sites excluding steroid dienone is 3. The Morgan fingerprint density at radius 2 is 2.04 bits per heavy atom. The van der Waals surface area contributed by atoms with Gasteiger partial charge in [0.15, 0.2) is 0 Å². The minimum absolute atomic E-state index is 0. The maximum Gasteiger partial charge on any atom is 0.308 e. The van der Waals surface area contributed by atoms with E-state index in [4.69, 9.17) is 11.2 Å². The van der Waals surface area contributed by atoms with Crippen molar-refractivity contribution in [2.75, 3.05) is 6.54 Å². The van der Waals surface area contributed by atoms with Gasteiger partial charge in [0.2, 0.25) is 0 Å². The molecule has 1 aliphatic rings. The van der Waals surface area contributed by atoms with Crippen molar-refractivity contribution in [2.24, 2.45) is 0 Å². The zero-order chi connectivity index (χ0) is 17.0. The molecule has 2 rings (SSSR count). The van der Waals surface area contributed by atoms with Crippen LogP contribution in [-0.2, 0) is 37.5 Å². The van der Waals surface area contributed by atoms with Crippen LogP contribution in [-0.4, -0.2) is 23.8 Å². The van der Waals surface area contributed by atoms with E-state index >= 15 is 0 Å². The Balaban J connectivity index is 0.00000288. The van der Waals surface area contributed by atoms with E-state index in [9.17, 15) is 13.6 Å². The van der Waals surface area contributed by atoms with Crippen molar-refractivity contribution in [1.29, 1.82) is 0 Å². The molecule has 0 aliphatic carbocycles. The van der Waals surface area contributed by atoms with Crippen molar-refractivity contribution in [3.8, 4) is 18.1 Å². The van der Waals surface area contributed by atoms with Crippen molar-refractivity contribution in [3.63, 3.8) is 0 Å². The van der Waals surface area contributed by atoms with Gasteiger partial charge in [-0.05, 0) is 17.8 Å². The largest absolute Gasteiger partial charge is 0.427 e. The molecule has 0 unspecified atom stereocenters. The Kier molecular flexibility index (Phi) is 7.53. The molecule has 24 heavy (non-hydrogen) atoms. The second kappa shape index (κ2) is 8.91. The van der Waals surface area contributed by atoms with Gasteiger partial charge in [-0.1, -0.05) is 23.4 Å². The summed E-state index contributed by atoms with van der Waals surface area (Å²) in [5, 5.41) is 0. The van der Waals surface area contributed by atoms with Crippen molar-refractivity contribution in [2.45, 2.75) is 13.3 Å². The average Bonchev–Trinajstić information content (AvgIpc) is 2.49. The molecule has 6 heteroatoms. The van der Waals surface area contributed by atoms with Gasteiger partial charge in [0.1, 0.15) is 5.75 Å². The second-order valence-electron chi connectivity index (χ2n) is 4.76. The Morgan fingerprint density at radius 3 is 2.54 bits per heavy atom.